The Bertz CT molecular complexity index is 1320. The minimum atomic E-state index is 0.0209. The predicted molar refractivity (Wildman–Crippen MR) is 134 cm³/mol. The summed E-state index contributed by atoms with van der Waals surface area (Å²) < 4.78 is 16.4. The Morgan fingerprint density at radius 3 is 2.71 bits per heavy atom. The molecule has 0 unspecified atom stereocenters. The molecule has 0 N–H and O–H groups in total. The van der Waals surface area contributed by atoms with Crippen LogP contribution in [-0.2, 0) is 11.3 Å². The van der Waals surface area contributed by atoms with Crippen LogP contribution in [0.3, 0.4) is 0 Å². The number of hydrogen-bond donors (Lipinski definition) is 0. The molecule has 1 aliphatic rings. The average Bonchev–Trinajstić information content (AvgIpc) is 3.54. The van der Waals surface area contributed by atoms with Gasteiger partial charge in [0.15, 0.2) is 11.5 Å². The van der Waals surface area contributed by atoms with Gasteiger partial charge in [0.05, 0.1) is 16.1 Å². The maximum absolute atomic E-state index is 13.4. The lowest BCUT2D eigenvalue weighted by atomic mass is 9.99. The highest BCUT2D eigenvalue weighted by atomic mass is 32.1. The molecule has 34 heavy (non-hydrogen) atoms. The van der Waals surface area contributed by atoms with E-state index >= 15 is 0 Å². The van der Waals surface area contributed by atoms with Gasteiger partial charge in [-0.05, 0) is 48.1 Å². The van der Waals surface area contributed by atoms with Crippen LogP contribution in [-0.4, -0.2) is 42.8 Å². The molecule has 3 heterocycles. The Morgan fingerprint density at radius 2 is 1.94 bits per heavy atom. The first-order valence-corrected chi connectivity index (χ1v) is 12.1. The van der Waals surface area contributed by atoms with Crippen LogP contribution in [0.1, 0.15) is 27.2 Å². The third kappa shape index (κ3) is 4.49. The number of aryl methyl sites for hydroxylation is 1. The van der Waals surface area contributed by atoms with E-state index in [1.54, 1.807) is 7.11 Å². The van der Waals surface area contributed by atoms with Crippen molar-refractivity contribution < 1.29 is 19.0 Å². The molecule has 0 aliphatic carbocycles. The molecular weight excluding hydrogens is 448 g/mol. The summed E-state index contributed by atoms with van der Waals surface area (Å²) in [6.07, 6.45) is 0.757. The topological polar surface area (TPSA) is 60.9 Å². The van der Waals surface area contributed by atoms with Crippen LogP contribution in [0, 0.1) is 6.92 Å². The summed E-state index contributed by atoms with van der Waals surface area (Å²) in [4.78, 5) is 21.1. The van der Waals surface area contributed by atoms with Gasteiger partial charge in [-0.15, -0.1) is 11.3 Å². The van der Waals surface area contributed by atoms with Crippen molar-refractivity contribution in [2.24, 2.45) is 0 Å². The van der Waals surface area contributed by atoms with Crippen molar-refractivity contribution in [2.75, 3.05) is 27.1 Å². The molecule has 0 fully saturated rings. The van der Waals surface area contributed by atoms with E-state index in [-0.39, 0.29) is 12.7 Å². The van der Waals surface area contributed by atoms with E-state index in [9.17, 15) is 4.79 Å². The van der Waals surface area contributed by atoms with Gasteiger partial charge >= 0.3 is 0 Å². The van der Waals surface area contributed by atoms with Gasteiger partial charge in [-0.3, -0.25) is 4.79 Å². The largest absolute Gasteiger partial charge is 0.454 e. The molecule has 2 aromatic carbocycles. The number of methoxy groups -OCH3 is 1. The van der Waals surface area contributed by atoms with Gasteiger partial charge < -0.3 is 19.1 Å². The van der Waals surface area contributed by atoms with Crippen molar-refractivity contribution in [3.05, 3.63) is 76.0 Å². The molecule has 174 valence electrons. The number of ether oxygens (including phenoxy) is 3. The Morgan fingerprint density at radius 1 is 1.12 bits per heavy atom. The van der Waals surface area contributed by atoms with Gasteiger partial charge in [0, 0.05) is 43.8 Å². The lowest BCUT2D eigenvalue weighted by molar-refractivity contribution is 0.0728. The second-order valence-electron chi connectivity index (χ2n) is 8.26. The SMILES string of the molecule is COCCCN(Cc1cc2cc3c(cc2nc1-c1ccccc1C)OCO3)C(=O)c1cccs1. The number of thiophene rings is 1. The molecule has 6 nitrogen and oxygen atoms in total. The molecule has 0 atom stereocenters. The van der Waals surface area contributed by atoms with Crippen LogP contribution in [0.2, 0.25) is 0 Å². The molecule has 7 heteroatoms. The van der Waals surface area contributed by atoms with E-state index < -0.39 is 0 Å². The highest BCUT2D eigenvalue weighted by Gasteiger charge is 2.22. The molecule has 0 saturated carbocycles. The lowest BCUT2D eigenvalue weighted by Crippen LogP contribution is -2.32. The Balaban J connectivity index is 1.60. The monoisotopic (exact) mass is 474 g/mol. The smallest absolute Gasteiger partial charge is 0.264 e. The third-order valence-electron chi connectivity index (χ3n) is 5.95. The fourth-order valence-electron chi connectivity index (χ4n) is 4.21. The van der Waals surface area contributed by atoms with Crippen LogP contribution >= 0.6 is 11.3 Å². The van der Waals surface area contributed by atoms with E-state index in [0.29, 0.717) is 25.4 Å². The number of aromatic nitrogens is 1. The van der Waals surface area contributed by atoms with E-state index in [1.807, 2.05) is 46.7 Å². The summed E-state index contributed by atoms with van der Waals surface area (Å²) in [7, 11) is 1.68. The summed E-state index contributed by atoms with van der Waals surface area (Å²) in [5.41, 5.74) is 4.88. The van der Waals surface area contributed by atoms with Crippen LogP contribution < -0.4 is 9.47 Å². The number of carbonyl (C=O) groups excluding carboxylic acids is 1. The molecule has 0 bridgehead atoms. The van der Waals surface area contributed by atoms with E-state index in [2.05, 4.69) is 25.1 Å². The van der Waals surface area contributed by atoms with Crippen LogP contribution in [0.15, 0.2) is 60.0 Å². The third-order valence-corrected chi connectivity index (χ3v) is 6.80. The summed E-state index contributed by atoms with van der Waals surface area (Å²) in [5.74, 6) is 1.45. The first-order chi connectivity index (χ1) is 16.6. The predicted octanol–water partition coefficient (Wildman–Crippen LogP) is 5.68. The van der Waals surface area contributed by atoms with Gasteiger partial charge in [0.1, 0.15) is 0 Å². The zero-order valence-electron chi connectivity index (χ0n) is 19.2. The lowest BCUT2D eigenvalue weighted by Gasteiger charge is -2.24. The highest BCUT2D eigenvalue weighted by molar-refractivity contribution is 7.12. The number of fused-ring (bicyclic) bond motifs is 2. The first-order valence-electron chi connectivity index (χ1n) is 11.2. The standard InChI is InChI=1S/C27H26N2O4S/c1-18-7-3-4-8-21(18)26-20(13-19-14-23-24(33-17-32-23)15-22(19)28-26)16-29(10-6-11-31-2)27(30)25-9-5-12-34-25/h3-5,7-9,12-15H,6,10-11,16-17H2,1-2H3. The molecule has 1 aliphatic heterocycles. The maximum atomic E-state index is 13.4. The minimum Gasteiger partial charge on any atom is -0.454 e. The van der Waals surface area contributed by atoms with Crippen molar-refractivity contribution >= 4 is 28.1 Å². The number of benzene rings is 2. The van der Waals surface area contributed by atoms with E-state index in [1.165, 1.54) is 11.3 Å². The highest BCUT2D eigenvalue weighted by Crippen LogP contribution is 2.38. The Kier molecular flexibility index (Phi) is 6.47. The number of amides is 1. The zero-order chi connectivity index (χ0) is 23.5. The van der Waals surface area contributed by atoms with Gasteiger partial charge in [0.2, 0.25) is 6.79 Å². The second-order valence-corrected chi connectivity index (χ2v) is 9.21. The van der Waals surface area contributed by atoms with Crippen molar-refractivity contribution in [2.45, 2.75) is 19.9 Å². The molecule has 1 amide bonds. The van der Waals surface area contributed by atoms with Gasteiger partial charge in [-0.1, -0.05) is 30.3 Å². The summed E-state index contributed by atoms with van der Waals surface area (Å²) >= 11 is 1.46. The van der Waals surface area contributed by atoms with Crippen molar-refractivity contribution in [3.8, 4) is 22.8 Å². The van der Waals surface area contributed by atoms with Crippen molar-refractivity contribution in [1.82, 2.24) is 9.88 Å². The summed E-state index contributed by atoms with van der Waals surface area (Å²) in [6, 6.07) is 18.0. The number of nitrogens with zero attached hydrogens (tertiary/aromatic N) is 2. The fraction of sp³-hybridized carbons (Fsp3) is 0.259. The summed E-state index contributed by atoms with van der Waals surface area (Å²) in [5, 5.41) is 2.89. The van der Waals surface area contributed by atoms with E-state index in [4.69, 9.17) is 19.2 Å². The van der Waals surface area contributed by atoms with Gasteiger partial charge in [0.25, 0.3) is 5.91 Å². The molecule has 2 aromatic heterocycles. The molecule has 5 rings (SSSR count). The average molecular weight is 475 g/mol. The van der Waals surface area contributed by atoms with Crippen molar-refractivity contribution in [1.29, 1.82) is 0 Å². The fourth-order valence-corrected chi connectivity index (χ4v) is 4.90. The molecule has 4 aromatic rings. The van der Waals surface area contributed by atoms with Crippen LogP contribution in [0.5, 0.6) is 11.5 Å². The van der Waals surface area contributed by atoms with Crippen molar-refractivity contribution in [3.63, 3.8) is 0 Å². The second kappa shape index (κ2) is 9.83. The number of pyridine rings is 1. The van der Waals surface area contributed by atoms with E-state index in [0.717, 1.165) is 50.3 Å². The Hall–Kier alpha value is -3.42. The minimum absolute atomic E-state index is 0.0209. The quantitative estimate of drug-likeness (QED) is 0.308. The van der Waals surface area contributed by atoms with Crippen LogP contribution in [0.25, 0.3) is 22.2 Å². The summed E-state index contributed by atoms with van der Waals surface area (Å²) in [6.45, 7) is 3.93. The number of rotatable bonds is 8. The molecular formula is C27H26N2O4S. The normalized spacial score (nSPS) is 12.3. The maximum Gasteiger partial charge on any atom is 0.264 e. The Labute approximate surface area is 202 Å². The number of hydrogen-bond acceptors (Lipinski definition) is 6. The van der Waals surface area contributed by atoms with Gasteiger partial charge in [-0.2, -0.15) is 0 Å². The van der Waals surface area contributed by atoms with Crippen LogP contribution in [0.4, 0.5) is 0 Å². The zero-order valence-corrected chi connectivity index (χ0v) is 20.1. The number of carbonyl (C=O) groups is 1. The van der Waals surface area contributed by atoms with Gasteiger partial charge in [-0.25, -0.2) is 4.98 Å². The molecule has 0 spiro atoms. The molecule has 0 saturated heterocycles. The first kappa shape index (κ1) is 22.4. The molecule has 0 radical (unpaired) electrons.